The van der Waals surface area contributed by atoms with Gasteiger partial charge in [0, 0.05) is 24.0 Å². The third-order valence-corrected chi connectivity index (χ3v) is 6.21. The summed E-state index contributed by atoms with van der Waals surface area (Å²) < 4.78 is 2.22. The van der Waals surface area contributed by atoms with Crippen LogP contribution in [0.25, 0.3) is 0 Å². The van der Waals surface area contributed by atoms with E-state index in [0.717, 1.165) is 18.0 Å². The Kier molecular flexibility index (Phi) is 4.75. The Hall–Kier alpha value is -0.990. The minimum absolute atomic E-state index is 0. The molecule has 0 spiro atoms. The molecule has 1 aromatic heterocycles. The Morgan fingerprint density at radius 2 is 2.26 bits per heavy atom. The molecule has 0 bridgehead atoms. The van der Waals surface area contributed by atoms with Crippen molar-refractivity contribution < 1.29 is 0 Å². The Bertz CT molecular complexity index is 681. The summed E-state index contributed by atoms with van der Waals surface area (Å²) in [5, 5.41) is 0.980. The number of nitrogens with zero attached hydrogens (tertiary/aromatic N) is 2. The van der Waals surface area contributed by atoms with E-state index in [2.05, 4.69) is 34.8 Å². The number of hydrogen-bond donors (Lipinski definition) is 0. The first-order chi connectivity index (χ1) is 10.7. The summed E-state index contributed by atoms with van der Waals surface area (Å²) in [6.45, 7) is 3.42. The molecule has 2 atom stereocenters. The second-order valence-electron chi connectivity index (χ2n) is 7.08. The van der Waals surface area contributed by atoms with Crippen molar-refractivity contribution in [2.75, 3.05) is 0 Å². The highest BCUT2D eigenvalue weighted by molar-refractivity contribution is 6.31. The van der Waals surface area contributed by atoms with E-state index in [0.29, 0.717) is 11.3 Å². The van der Waals surface area contributed by atoms with Crippen LogP contribution < -0.4 is 0 Å². The highest BCUT2D eigenvalue weighted by atomic mass is 35.5. The van der Waals surface area contributed by atoms with Crippen LogP contribution in [0, 0.1) is 5.92 Å². The predicted molar refractivity (Wildman–Crippen MR) is 97.6 cm³/mol. The third kappa shape index (κ3) is 2.81. The van der Waals surface area contributed by atoms with Crippen molar-refractivity contribution in [2.24, 2.45) is 5.92 Å². The maximum atomic E-state index is 6.61. The van der Waals surface area contributed by atoms with Crippen LogP contribution in [-0.4, -0.2) is 9.55 Å². The molecule has 124 valence electrons. The Morgan fingerprint density at radius 1 is 1.39 bits per heavy atom. The summed E-state index contributed by atoms with van der Waals surface area (Å²) in [5.41, 5.74) is 4.98. The van der Waals surface area contributed by atoms with Gasteiger partial charge in [0.05, 0.1) is 6.33 Å². The molecule has 0 radical (unpaired) electrons. The van der Waals surface area contributed by atoms with E-state index >= 15 is 0 Å². The number of aryl methyl sites for hydroxylation is 1. The van der Waals surface area contributed by atoms with Crippen molar-refractivity contribution in [3.63, 3.8) is 0 Å². The quantitative estimate of drug-likeness (QED) is 0.743. The van der Waals surface area contributed by atoms with Crippen molar-refractivity contribution in [3.8, 4) is 0 Å². The van der Waals surface area contributed by atoms with Crippen LogP contribution >= 0.6 is 24.0 Å². The number of hydrogen-bond acceptors (Lipinski definition) is 1. The molecule has 0 fully saturated rings. The third-order valence-electron chi connectivity index (χ3n) is 5.85. The molecule has 0 saturated carbocycles. The topological polar surface area (TPSA) is 17.8 Å². The summed E-state index contributed by atoms with van der Waals surface area (Å²) >= 11 is 6.61. The van der Waals surface area contributed by atoms with E-state index in [1.54, 1.807) is 11.1 Å². The summed E-state index contributed by atoms with van der Waals surface area (Å²) in [6.07, 6.45) is 13.4. The first kappa shape index (κ1) is 16.9. The minimum atomic E-state index is 0. The predicted octanol–water partition coefficient (Wildman–Crippen LogP) is 5.21. The van der Waals surface area contributed by atoms with E-state index in [1.807, 2.05) is 12.5 Å². The monoisotopic (exact) mass is 350 g/mol. The lowest BCUT2D eigenvalue weighted by Gasteiger charge is -2.46. The van der Waals surface area contributed by atoms with Crippen LogP contribution in [0.5, 0.6) is 0 Å². The van der Waals surface area contributed by atoms with E-state index in [4.69, 9.17) is 11.6 Å². The van der Waals surface area contributed by atoms with Crippen molar-refractivity contribution >= 4 is 24.0 Å². The number of benzene rings is 1. The molecule has 4 rings (SSSR count). The Morgan fingerprint density at radius 3 is 3.00 bits per heavy atom. The van der Waals surface area contributed by atoms with Gasteiger partial charge in [-0.2, -0.15) is 0 Å². The zero-order valence-electron chi connectivity index (χ0n) is 13.6. The highest BCUT2D eigenvalue weighted by Crippen LogP contribution is 2.51. The standard InChI is InChI=1S/C19H23ClN2.ClH/c1-2-19-7-3-4-15-5-6-17(20)16(18(15)19)10-14(11-19)12-22-9-8-21-13-22;/h5-6,8-9,13-14H,2-4,7,10-12H2,1H3;1H/t14-,19-;/m0./s1. The molecule has 0 amide bonds. The van der Waals surface area contributed by atoms with Crippen LogP contribution in [0.4, 0.5) is 0 Å². The maximum Gasteiger partial charge on any atom is 0.0945 e. The van der Waals surface area contributed by atoms with Gasteiger partial charge >= 0.3 is 0 Å². The fourth-order valence-corrected chi connectivity index (χ4v) is 5.15. The fraction of sp³-hybridized carbons (Fsp3) is 0.526. The lowest BCUT2D eigenvalue weighted by atomic mass is 9.59. The van der Waals surface area contributed by atoms with E-state index in [-0.39, 0.29) is 12.4 Å². The Balaban J connectivity index is 0.00000156. The second-order valence-corrected chi connectivity index (χ2v) is 7.49. The zero-order chi connectivity index (χ0) is 15.2. The summed E-state index contributed by atoms with van der Waals surface area (Å²) in [4.78, 5) is 4.19. The molecule has 2 aliphatic carbocycles. The molecule has 0 saturated heterocycles. The van der Waals surface area contributed by atoms with Crippen LogP contribution in [0.1, 0.15) is 49.3 Å². The normalized spacial score (nSPS) is 25.6. The first-order valence-corrected chi connectivity index (χ1v) is 8.86. The molecular formula is C19H24Cl2N2. The molecule has 1 heterocycles. The molecular weight excluding hydrogens is 327 g/mol. The first-order valence-electron chi connectivity index (χ1n) is 8.48. The van der Waals surface area contributed by atoms with Gasteiger partial charge in [0.1, 0.15) is 0 Å². The molecule has 0 aliphatic heterocycles. The lowest BCUT2D eigenvalue weighted by molar-refractivity contribution is 0.226. The molecule has 2 aliphatic rings. The lowest BCUT2D eigenvalue weighted by Crippen LogP contribution is -2.39. The van der Waals surface area contributed by atoms with Crippen LogP contribution in [0.3, 0.4) is 0 Å². The van der Waals surface area contributed by atoms with Gasteiger partial charge in [-0.1, -0.05) is 24.6 Å². The molecule has 2 aromatic rings. The zero-order valence-corrected chi connectivity index (χ0v) is 15.2. The van der Waals surface area contributed by atoms with Crippen molar-refractivity contribution in [3.05, 3.63) is 52.6 Å². The van der Waals surface area contributed by atoms with Crippen LogP contribution in [0.15, 0.2) is 30.9 Å². The summed E-state index contributed by atoms with van der Waals surface area (Å²) in [5.74, 6) is 0.660. The maximum absolute atomic E-state index is 6.61. The van der Waals surface area contributed by atoms with Gasteiger partial charge in [0.2, 0.25) is 0 Å². The van der Waals surface area contributed by atoms with Gasteiger partial charge in [-0.15, -0.1) is 12.4 Å². The van der Waals surface area contributed by atoms with Gasteiger partial charge in [-0.25, -0.2) is 4.98 Å². The molecule has 23 heavy (non-hydrogen) atoms. The van der Waals surface area contributed by atoms with E-state index in [9.17, 15) is 0 Å². The van der Waals surface area contributed by atoms with Gasteiger partial charge in [0.15, 0.2) is 0 Å². The fourth-order valence-electron chi connectivity index (χ4n) is 4.92. The highest BCUT2D eigenvalue weighted by Gasteiger charge is 2.42. The number of imidazole rings is 1. The van der Waals surface area contributed by atoms with E-state index in [1.165, 1.54) is 37.7 Å². The smallest absolute Gasteiger partial charge is 0.0945 e. The van der Waals surface area contributed by atoms with Gasteiger partial charge in [-0.05, 0) is 72.6 Å². The van der Waals surface area contributed by atoms with Crippen LogP contribution in [0.2, 0.25) is 5.02 Å². The largest absolute Gasteiger partial charge is 0.337 e. The number of halogens is 2. The van der Waals surface area contributed by atoms with Crippen LogP contribution in [-0.2, 0) is 24.8 Å². The summed E-state index contributed by atoms with van der Waals surface area (Å²) in [7, 11) is 0. The molecule has 0 unspecified atom stereocenters. The number of aromatic nitrogens is 2. The molecule has 0 N–H and O–H groups in total. The second kappa shape index (κ2) is 6.49. The number of rotatable bonds is 3. The van der Waals surface area contributed by atoms with Crippen molar-refractivity contribution in [2.45, 2.75) is 57.4 Å². The van der Waals surface area contributed by atoms with Crippen molar-refractivity contribution in [1.29, 1.82) is 0 Å². The summed E-state index contributed by atoms with van der Waals surface area (Å²) in [6, 6.07) is 4.40. The van der Waals surface area contributed by atoms with Gasteiger partial charge < -0.3 is 4.57 Å². The van der Waals surface area contributed by atoms with Gasteiger partial charge in [-0.3, -0.25) is 0 Å². The van der Waals surface area contributed by atoms with E-state index < -0.39 is 0 Å². The Labute approximate surface area is 149 Å². The van der Waals surface area contributed by atoms with Crippen molar-refractivity contribution in [1.82, 2.24) is 9.55 Å². The molecule has 1 aromatic carbocycles. The average molecular weight is 351 g/mol. The van der Waals surface area contributed by atoms with Gasteiger partial charge in [0.25, 0.3) is 0 Å². The molecule has 4 heteroatoms. The SMILES string of the molecule is CC[C@@]12CCCc3ccc(Cl)c(c31)C[C@H](Cn1ccnc1)C2.Cl. The minimum Gasteiger partial charge on any atom is -0.337 e. The molecule has 2 nitrogen and oxygen atoms in total. The average Bonchev–Trinajstić information content (AvgIpc) is 3.03.